The quantitative estimate of drug-likeness (QED) is 0.157. The van der Waals surface area contributed by atoms with E-state index in [2.05, 4.69) is 229 Å². The summed E-state index contributed by atoms with van der Waals surface area (Å²) in [6, 6.07) is 82.0. The number of thiophene rings is 1. The summed E-state index contributed by atoms with van der Waals surface area (Å²) in [6.45, 7) is 0. The summed E-state index contributed by atoms with van der Waals surface area (Å²) in [5, 5.41) is 7.66. The van der Waals surface area contributed by atoms with Crippen LogP contribution in [0.3, 0.4) is 0 Å². The summed E-state index contributed by atoms with van der Waals surface area (Å²) in [5.74, 6) is 0. The Kier molecular flexibility index (Phi) is 8.42. The van der Waals surface area contributed by atoms with Gasteiger partial charge in [0.1, 0.15) is 0 Å². The second-order valence-corrected chi connectivity index (χ2v) is 16.0. The maximum absolute atomic E-state index is 2.37. The Morgan fingerprint density at radius 2 is 0.793 bits per heavy atom. The van der Waals surface area contributed by atoms with Crippen molar-refractivity contribution in [1.82, 2.24) is 0 Å². The van der Waals surface area contributed by atoms with Crippen molar-refractivity contribution in [3.05, 3.63) is 224 Å². The largest absolute Gasteiger partial charge is 0.310 e. The molecule has 0 saturated carbocycles. The zero-order chi connectivity index (χ0) is 38.4. The second kappa shape index (κ2) is 14.4. The van der Waals surface area contributed by atoms with E-state index in [1.165, 1.54) is 86.2 Å². The molecule has 11 rings (SSSR count). The molecular weight excluding hydrogens is 719 g/mol. The lowest BCUT2D eigenvalue weighted by Gasteiger charge is -2.26. The van der Waals surface area contributed by atoms with Crippen LogP contribution in [-0.4, -0.2) is 0 Å². The molecule has 2 heteroatoms. The zero-order valence-corrected chi connectivity index (χ0v) is 32.5. The lowest BCUT2D eigenvalue weighted by atomic mass is 9.95. The van der Waals surface area contributed by atoms with Crippen molar-refractivity contribution in [2.45, 2.75) is 0 Å². The van der Waals surface area contributed by atoms with Crippen molar-refractivity contribution in [3.63, 3.8) is 0 Å². The molecule has 272 valence electrons. The van der Waals surface area contributed by atoms with Gasteiger partial charge in [0.2, 0.25) is 0 Å². The van der Waals surface area contributed by atoms with Crippen LogP contribution in [0.4, 0.5) is 17.1 Å². The third-order valence-electron chi connectivity index (χ3n) is 11.4. The normalized spacial score (nSPS) is 11.4. The molecule has 0 fully saturated rings. The van der Waals surface area contributed by atoms with Gasteiger partial charge in [-0.15, -0.1) is 11.3 Å². The Labute approximate surface area is 342 Å². The van der Waals surface area contributed by atoms with E-state index < -0.39 is 0 Å². The molecule has 1 heterocycles. The maximum Gasteiger partial charge on any atom is 0.0467 e. The number of hydrogen-bond donors (Lipinski definition) is 0. The first kappa shape index (κ1) is 34.0. The SMILES string of the molecule is c1cc(-c2ccc(N(c3ccc(-c4ccc5c(c4)sc4ccccc45)cc3)c3cccc(-c4ccc5ccccc5c4)c3)cc2)cc(-c2cccc3ccccc23)c1. The summed E-state index contributed by atoms with van der Waals surface area (Å²) in [5.41, 5.74) is 13.0. The number of hydrogen-bond acceptors (Lipinski definition) is 2. The van der Waals surface area contributed by atoms with Gasteiger partial charge >= 0.3 is 0 Å². The van der Waals surface area contributed by atoms with Gasteiger partial charge in [-0.25, -0.2) is 0 Å². The van der Waals surface area contributed by atoms with Gasteiger partial charge in [-0.05, 0) is 127 Å². The van der Waals surface area contributed by atoms with E-state index in [0.29, 0.717) is 0 Å². The van der Waals surface area contributed by atoms with E-state index in [9.17, 15) is 0 Å². The molecule has 0 aliphatic heterocycles. The number of rotatable bonds is 7. The zero-order valence-electron chi connectivity index (χ0n) is 31.7. The van der Waals surface area contributed by atoms with Crippen molar-refractivity contribution in [3.8, 4) is 44.5 Å². The minimum Gasteiger partial charge on any atom is -0.310 e. The lowest BCUT2D eigenvalue weighted by Crippen LogP contribution is -2.10. The standard InChI is InChI=1S/C56H37NS/c1-2-12-42-34-45(23-22-38(42)10-1)44-15-8-17-50(36-44)57(49-31-26-40(27-32-49)46-28-33-54-53-19-5-6-21-55(53)58-56(54)37-46)48-29-24-39(25-30-48)43-14-7-16-47(35-43)52-20-9-13-41-11-3-4-18-51(41)52/h1-37H. The summed E-state index contributed by atoms with van der Waals surface area (Å²) in [4.78, 5) is 2.37. The molecular formula is C56H37NS. The van der Waals surface area contributed by atoms with Gasteiger partial charge in [0.25, 0.3) is 0 Å². The Morgan fingerprint density at radius 1 is 0.259 bits per heavy atom. The minimum atomic E-state index is 1.10. The van der Waals surface area contributed by atoms with Crippen LogP contribution in [0.2, 0.25) is 0 Å². The first-order valence-corrected chi connectivity index (χ1v) is 20.6. The fourth-order valence-electron chi connectivity index (χ4n) is 8.50. The maximum atomic E-state index is 2.37. The highest BCUT2D eigenvalue weighted by molar-refractivity contribution is 7.25. The number of nitrogens with zero attached hydrogens (tertiary/aromatic N) is 1. The van der Waals surface area contributed by atoms with Crippen LogP contribution in [0.15, 0.2) is 224 Å². The van der Waals surface area contributed by atoms with E-state index in [4.69, 9.17) is 0 Å². The van der Waals surface area contributed by atoms with E-state index in [0.717, 1.165) is 17.1 Å². The highest BCUT2D eigenvalue weighted by atomic mass is 32.1. The molecule has 0 N–H and O–H groups in total. The van der Waals surface area contributed by atoms with E-state index in [1.807, 2.05) is 11.3 Å². The highest BCUT2D eigenvalue weighted by Crippen LogP contribution is 2.41. The van der Waals surface area contributed by atoms with Crippen molar-refractivity contribution < 1.29 is 0 Å². The van der Waals surface area contributed by atoms with E-state index in [1.54, 1.807) is 0 Å². The van der Waals surface area contributed by atoms with Crippen LogP contribution in [0, 0.1) is 0 Å². The van der Waals surface area contributed by atoms with E-state index >= 15 is 0 Å². The Hall–Kier alpha value is -7.26. The molecule has 0 aliphatic carbocycles. The molecule has 1 nitrogen and oxygen atoms in total. The van der Waals surface area contributed by atoms with Gasteiger partial charge in [-0.3, -0.25) is 0 Å². The molecule has 0 aliphatic rings. The highest BCUT2D eigenvalue weighted by Gasteiger charge is 2.16. The Balaban J connectivity index is 0.974. The topological polar surface area (TPSA) is 3.24 Å². The first-order chi connectivity index (χ1) is 28.7. The molecule has 10 aromatic carbocycles. The van der Waals surface area contributed by atoms with Gasteiger partial charge in [-0.2, -0.15) is 0 Å². The third kappa shape index (κ3) is 6.21. The Bertz CT molecular complexity index is 3280. The molecule has 0 saturated heterocycles. The minimum absolute atomic E-state index is 1.10. The molecule has 1 aromatic heterocycles. The van der Waals surface area contributed by atoms with Crippen molar-refractivity contribution in [2.24, 2.45) is 0 Å². The summed E-state index contributed by atoms with van der Waals surface area (Å²) < 4.78 is 2.65. The third-order valence-corrected chi connectivity index (χ3v) is 12.6. The van der Waals surface area contributed by atoms with Crippen LogP contribution in [-0.2, 0) is 0 Å². The van der Waals surface area contributed by atoms with E-state index in [-0.39, 0.29) is 0 Å². The Morgan fingerprint density at radius 3 is 1.59 bits per heavy atom. The molecule has 58 heavy (non-hydrogen) atoms. The lowest BCUT2D eigenvalue weighted by molar-refractivity contribution is 1.28. The second-order valence-electron chi connectivity index (χ2n) is 15.0. The number of benzene rings is 10. The fraction of sp³-hybridized carbons (Fsp3) is 0. The fourth-order valence-corrected chi connectivity index (χ4v) is 9.64. The van der Waals surface area contributed by atoms with Gasteiger partial charge in [0.05, 0.1) is 0 Å². The van der Waals surface area contributed by atoms with Crippen LogP contribution in [0.25, 0.3) is 86.2 Å². The predicted octanol–water partition coefficient (Wildman–Crippen LogP) is 16.5. The van der Waals surface area contributed by atoms with Crippen LogP contribution in [0.5, 0.6) is 0 Å². The smallest absolute Gasteiger partial charge is 0.0467 e. The van der Waals surface area contributed by atoms with Gasteiger partial charge < -0.3 is 4.90 Å². The molecule has 0 atom stereocenters. The molecule has 11 aromatic rings. The number of fused-ring (bicyclic) bond motifs is 5. The first-order valence-electron chi connectivity index (χ1n) is 19.8. The predicted molar refractivity (Wildman–Crippen MR) is 251 cm³/mol. The molecule has 0 unspecified atom stereocenters. The molecule has 0 spiro atoms. The number of anilines is 3. The summed E-state index contributed by atoms with van der Waals surface area (Å²) in [6.07, 6.45) is 0. The molecule has 0 bridgehead atoms. The molecule has 0 amide bonds. The average molecular weight is 756 g/mol. The van der Waals surface area contributed by atoms with Gasteiger partial charge in [0, 0.05) is 37.2 Å². The van der Waals surface area contributed by atoms with Crippen LogP contribution < -0.4 is 4.90 Å². The molecule has 0 radical (unpaired) electrons. The summed E-state index contributed by atoms with van der Waals surface area (Å²) >= 11 is 1.86. The van der Waals surface area contributed by atoms with Gasteiger partial charge in [-0.1, -0.05) is 164 Å². The van der Waals surface area contributed by atoms with Crippen LogP contribution in [0.1, 0.15) is 0 Å². The monoisotopic (exact) mass is 755 g/mol. The van der Waals surface area contributed by atoms with Crippen molar-refractivity contribution in [1.29, 1.82) is 0 Å². The van der Waals surface area contributed by atoms with Gasteiger partial charge in [0.15, 0.2) is 0 Å². The average Bonchev–Trinajstić information content (AvgIpc) is 3.67. The summed E-state index contributed by atoms with van der Waals surface area (Å²) in [7, 11) is 0. The van der Waals surface area contributed by atoms with Crippen molar-refractivity contribution >= 4 is 70.1 Å². The van der Waals surface area contributed by atoms with Crippen molar-refractivity contribution in [2.75, 3.05) is 4.90 Å². The van der Waals surface area contributed by atoms with Crippen LogP contribution >= 0.6 is 11.3 Å².